The van der Waals surface area contributed by atoms with Gasteiger partial charge in [-0.05, 0) is 18.2 Å². The van der Waals surface area contributed by atoms with Crippen molar-refractivity contribution in [1.82, 2.24) is 30.2 Å². The molecule has 4 rings (SSSR count). The van der Waals surface area contributed by atoms with Crippen molar-refractivity contribution in [1.29, 1.82) is 0 Å². The average Bonchev–Trinajstić information content (AvgIpc) is 2.79. The first-order valence-electron chi connectivity index (χ1n) is 9.07. The molecule has 1 fully saturated rings. The molecular weight excluding hydrogens is 356 g/mol. The van der Waals surface area contributed by atoms with E-state index >= 15 is 0 Å². The molecule has 1 N–H and O–H groups in total. The Balaban J connectivity index is 1.31. The second-order valence-corrected chi connectivity index (χ2v) is 6.29. The van der Waals surface area contributed by atoms with Crippen LogP contribution in [0.1, 0.15) is 16.2 Å². The molecule has 1 aliphatic rings. The van der Waals surface area contributed by atoms with E-state index in [-0.39, 0.29) is 11.6 Å². The molecule has 3 aromatic heterocycles. The quantitative estimate of drug-likeness (QED) is 0.702. The SMILES string of the molecule is O=C(NCc1ccccn1)c1cnc(N2CCN(c3ncccn3)CC2)cn1. The molecule has 0 spiro atoms. The monoisotopic (exact) mass is 376 g/mol. The fourth-order valence-electron chi connectivity index (χ4n) is 2.96. The van der Waals surface area contributed by atoms with Gasteiger partial charge in [0.2, 0.25) is 5.95 Å². The van der Waals surface area contributed by atoms with Crippen molar-refractivity contribution >= 4 is 17.7 Å². The summed E-state index contributed by atoms with van der Waals surface area (Å²) in [5.41, 5.74) is 1.08. The minimum absolute atomic E-state index is 0.268. The maximum Gasteiger partial charge on any atom is 0.271 e. The highest BCUT2D eigenvalue weighted by Crippen LogP contribution is 2.15. The van der Waals surface area contributed by atoms with E-state index in [4.69, 9.17) is 0 Å². The Kier molecular flexibility index (Phi) is 5.32. The van der Waals surface area contributed by atoms with Crippen molar-refractivity contribution in [3.63, 3.8) is 0 Å². The average molecular weight is 376 g/mol. The predicted octanol–water partition coefficient (Wildman–Crippen LogP) is 0.918. The van der Waals surface area contributed by atoms with E-state index in [1.807, 2.05) is 24.3 Å². The third kappa shape index (κ3) is 4.20. The summed E-state index contributed by atoms with van der Waals surface area (Å²) < 4.78 is 0. The minimum Gasteiger partial charge on any atom is -0.352 e. The van der Waals surface area contributed by atoms with Crippen molar-refractivity contribution in [2.24, 2.45) is 0 Å². The summed E-state index contributed by atoms with van der Waals surface area (Å²) in [4.78, 5) is 38.0. The number of carbonyl (C=O) groups is 1. The first kappa shape index (κ1) is 17.8. The zero-order chi connectivity index (χ0) is 19.2. The van der Waals surface area contributed by atoms with Gasteiger partial charge in [-0.15, -0.1) is 0 Å². The first-order chi connectivity index (χ1) is 13.8. The van der Waals surface area contributed by atoms with Crippen LogP contribution >= 0.6 is 0 Å². The Labute approximate surface area is 162 Å². The number of hydrogen-bond acceptors (Lipinski definition) is 8. The van der Waals surface area contributed by atoms with E-state index in [0.717, 1.165) is 43.6 Å². The smallest absolute Gasteiger partial charge is 0.271 e. The van der Waals surface area contributed by atoms with Gasteiger partial charge in [-0.2, -0.15) is 0 Å². The lowest BCUT2D eigenvalue weighted by atomic mass is 10.3. The van der Waals surface area contributed by atoms with Gasteiger partial charge in [-0.1, -0.05) is 6.07 Å². The molecule has 0 radical (unpaired) electrons. The second kappa shape index (κ2) is 8.38. The van der Waals surface area contributed by atoms with Crippen LogP contribution in [0.5, 0.6) is 0 Å². The number of aromatic nitrogens is 5. The van der Waals surface area contributed by atoms with E-state index in [0.29, 0.717) is 6.54 Å². The van der Waals surface area contributed by atoms with Crippen LogP contribution in [-0.2, 0) is 6.54 Å². The van der Waals surface area contributed by atoms with Gasteiger partial charge < -0.3 is 15.1 Å². The van der Waals surface area contributed by atoms with Gasteiger partial charge in [0.15, 0.2) is 0 Å². The Bertz CT molecular complexity index is 896. The van der Waals surface area contributed by atoms with E-state index < -0.39 is 0 Å². The summed E-state index contributed by atoms with van der Waals surface area (Å²) >= 11 is 0. The molecule has 142 valence electrons. The van der Waals surface area contributed by atoms with E-state index in [2.05, 4.69) is 40.0 Å². The van der Waals surface area contributed by atoms with Crippen LogP contribution in [0.2, 0.25) is 0 Å². The van der Waals surface area contributed by atoms with Crippen molar-refractivity contribution in [2.45, 2.75) is 6.54 Å². The maximum absolute atomic E-state index is 12.2. The lowest BCUT2D eigenvalue weighted by Crippen LogP contribution is -2.47. The summed E-state index contributed by atoms with van der Waals surface area (Å²) in [5, 5.41) is 2.80. The highest BCUT2D eigenvalue weighted by atomic mass is 16.1. The molecule has 0 aromatic carbocycles. The van der Waals surface area contributed by atoms with Gasteiger partial charge in [0.1, 0.15) is 11.5 Å². The summed E-state index contributed by atoms with van der Waals surface area (Å²) in [7, 11) is 0. The Morgan fingerprint density at radius 3 is 2.29 bits per heavy atom. The molecule has 0 unspecified atom stereocenters. The van der Waals surface area contributed by atoms with Crippen LogP contribution in [0, 0.1) is 0 Å². The second-order valence-electron chi connectivity index (χ2n) is 6.29. The zero-order valence-electron chi connectivity index (χ0n) is 15.3. The molecule has 3 aromatic rings. The molecule has 28 heavy (non-hydrogen) atoms. The standard InChI is InChI=1S/C19H20N8O/c28-18(25-12-15-4-1-2-5-20-15)16-13-24-17(14-23-16)26-8-10-27(11-9-26)19-21-6-3-7-22-19/h1-7,13-14H,8-12H2,(H,25,28). The Morgan fingerprint density at radius 2 is 1.61 bits per heavy atom. The Morgan fingerprint density at radius 1 is 0.857 bits per heavy atom. The summed E-state index contributed by atoms with van der Waals surface area (Å²) in [6.07, 6.45) is 8.34. The van der Waals surface area contributed by atoms with Crippen LogP contribution in [0.25, 0.3) is 0 Å². The van der Waals surface area contributed by atoms with Crippen LogP contribution in [0.4, 0.5) is 11.8 Å². The van der Waals surface area contributed by atoms with E-state index in [1.165, 1.54) is 6.20 Å². The maximum atomic E-state index is 12.2. The molecule has 1 aliphatic heterocycles. The highest BCUT2D eigenvalue weighted by molar-refractivity contribution is 5.91. The lowest BCUT2D eigenvalue weighted by Gasteiger charge is -2.35. The van der Waals surface area contributed by atoms with Gasteiger partial charge in [0.05, 0.1) is 24.6 Å². The number of rotatable bonds is 5. The fourth-order valence-corrected chi connectivity index (χ4v) is 2.96. The molecule has 9 heteroatoms. The lowest BCUT2D eigenvalue weighted by molar-refractivity contribution is 0.0945. The number of nitrogens with one attached hydrogen (secondary N) is 1. The number of piperazine rings is 1. The van der Waals surface area contributed by atoms with Gasteiger partial charge in [-0.25, -0.2) is 19.9 Å². The normalized spacial score (nSPS) is 14.0. The molecule has 9 nitrogen and oxygen atoms in total. The molecule has 1 saturated heterocycles. The van der Waals surface area contributed by atoms with E-state index in [9.17, 15) is 4.79 Å². The molecule has 0 aliphatic carbocycles. The Hall–Kier alpha value is -3.62. The number of hydrogen-bond donors (Lipinski definition) is 1. The van der Waals surface area contributed by atoms with Crippen molar-refractivity contribution in [3.05, 3.63) is 66.6 Å². The molecular formula is C19H20N8O. The van der Waals surface area contributed by atoms with Gasteiger partial charge in [0.25, 0.3) is 5.91 Å². The fraction of sp³-hybridized carbons (Fsp3) is 0.263. The van der Waals surface area contributed by atoms with Crippen molar-refractivity contribution in [2.75, 3.05) is 36.0 Å². The number of nitrogens with zero attached hydrogens (tertiary/aromatic N) is 7. The topological polar surface area (TPSA) is 100 Å². The number of anilines is 2. The molecule has 0 saturated carbocycles. The van der Waals surface area contributed by atoms with Crippen molar-refractivity contribution in [3.8, 4) is 0 Å². The molecule has 4 heterocycles. The van der Waals surface area contributed by atoms with Crippen LogP contribution in [-0.4, -0.2) is 57.0 Å². The van der Waals surface area contributed by atoms with Crippen LogP contribution in [0.3, 0.4) is 0 Å². The number of pyridine rings is 1. The molecule has 0 atom stereocenters. The first-order valence-corrected chi connectivity index (χ1v) is 9.07. The van der Waals surface area contributed by atoms with E-state index in [1.54, 1.807) is 24.8 Å². The highest BCUT2D eigenvalue weighted by Gasteiger charge is 2.20. The van der Waals surface area contributed by atoms with Gasteiger partial charge in [0, 0.05) is 44.8 Å². The summed E-state index contributed by atoms with van der Waals surface area (Å²) in [6.45, 7) is 3.54. The van der Waals surface area contributed by atoms with Crippen LogP contribution < -0.4 is 15.1 Å². The molecule has 1 amide bonds. The number of amides is 1. The third-order valence-electron chi connectivity index (χ3n) is 4.47. The third-order valence-corrected chi connectivity index (χ3v) is 4.47. The summed E-state index contributed by atoms with van der Waals surface area (Å²) in [6, 6.07) is 7.38. The predicted molar refractivity (Wildman–Crippen MR) is 104 cm³/mol. The van der Waals surface area contributed by atoms with Crippen molar-refractivity contribution < 1.29 is 4.79 Å². The minimum atomic E-state index is -0.268. The van der Waals surface area contributed by atoms with Gasteiger partial charge in [-0.3, -0.25) is 9.78 Å². The largest absolute Gasteiger partial charge is 0.352 e. The molecule has 0 bridgehead atoms. The number of carbonyl (C=O) groups excluding carboxylic acids is 1. The zero-order valence-corrected chi connectivity index (χ0v) is 15.3. The van der Waals surface area contributed by atoms with Crippen LogP contribution in [0.15, 0.2) is 55.2 Å². The summed E-state index contributed by atoms with van der Waals surface area (Å²) in [5.74, 6) is 1.24. The van der Waals surface area contributed by atoms with Gasteiger partial charge >= 0.3 is 0 Å².